The SMILES string of the molecule is FC(F)(F)C[C@H](c1ccsc1)N1CCNCC1. The van der Waals surface area contributed by atoms with Crippen LogP contribution in [0.5, 0.6) is 0 Å². The van der Waals surface area contributed by atoms with Crippen molar-refractivity contribution in [2.24, 2.45) is 0 Å². The third kappa shape index (κ3) is 3.69. The second-order valence-electron chi connectivity index (χ2n) is 4.18. The van der Waals surface area contributed by atoms with Gasteiger partial charge in [-0.05, 0) is 22.4 Å². The molecule has 6 heteroatoms. The van der Waals surface area contributed by atoms with Gasteiger partial charge in [0.05, 0.1) is 6.42 Å². The minimum Gasteiger partial charge on any atom is -0.314 e. The van der Waals surface area contributed by atoms with E-state index >= 15 is 0 Å². The number of nitrogens with zero attached hydrogens (tertiary/aromatic N) is 1. The van der Waals surface area contributed by atoms with Crippen molar-refractivity contribution in [3.05, 3.63) is 22.4 Å². The van der Waals surface area contributed by atoms with Crippen LogP contribution in [0.4, 0.5) is 13.2 Å². The zero-order valence-electron chi connectivity index (χ0n) is 9.33. The van der Waals surface area contributed by atoms with Crippen LogP contribution in [-0.4, -0.2) is 37.3 Å². The molecule has 0 bridgehead atoms. The Hall–Kier alpha value is -0.590. The maximum absolute atomic E-state index is 12.6. The van der Waals surface area contributed by atoms with Gasteiger partial charge in [0.25, 0.3) is 0 Å². The molecule has 1 saturated heterocycles. The van der Waals surface area contributed by atoms with E-state index in [1.165, 1.54) is 11.3 Å². The van der Waals surface area contributed by atoms with Crippen molar-refractivity contribution in [3.63, 3.8) is 0 Å². The largest absolute Gasteiger partial charge is 0.390 e. The highest BCUT2D eigenvalue weighted by atomic mass is 32.1. The number of hydrogen-bond acceptors (Lipinski definition) is 3. The van der Waals surface area contributed by atoms with Crippen molar-refractivity contribution in [1.82, 2.24) is 10.2 Å². The molecule has 0 spiro atoms. The molecule has 0 unspecified atom stereocenters. The topological polar surface area (TPSA) is 15.3 Å². The Bertz CT molecular complexity index is 331. The lowest BCUT2D eigenvalue weighted by atomic mass is 10.0. The van der Waals surface area contributed by atoms with E-state index in [0.717, 1.165) is 18.7 Å². The molecule has 0 amide bonds. The number of hydrogen-bond donors (Lipinski definition) is 1. The molecular weight excluding hydrogens is 249 g/mol. The summed E-state index contributed by atoms with van der Waals surface area (Å²) in [5, 5.41) is 6.81. The molecule has 1 atom stereocenters. The standard InChI is InChI=1S/C11H15F3N2S/c12-11(13,14)7-10(9-1-6-17-8-9)16-4-2-15-3-5-16/h1,6,8,10,15H,2-5,7H2/t10-/m1/s1. The van der Waals surface area contributed by atoms with Crippen LogP contribution in [0, 0.1) is 0 Å². The van der Waals surface area contributed by atoms with Crippen molar-refractivity contribution < 1.29 is 13.2 Å². The van der Waals surface area contributed by atoms with Crippen LogP contribution in [0.25, 0.3) is 0 Å². The first-order valence-corrected chi connectivity index (χ1v) is 6.54. The van der Waals surface area contributed by atoms with Crippen molar-refractivity contribution in [2.45, 2.75) is 18.6 Å². The van der Waals surface area contributed by atoms with E-state index in [1.807, 2.05) is 15.7 Å². The van der Waals surface area contributed by atoms with E-state index in [4.69, 9.17) is 0 Å². The zero-order valence-corrected chi connectivity index (χ0v) is 10.2. The van der Waals surface area contributed by atoms with Gasteiger partial charge in [0, 0.05) is 32.2 Å². The zero-order chi connectivity index (χ0) is 12.3. The van der Waals surface area contributed by atoms with Crippen molar-refractivity contribution >= 4 is 11.3 Å². The molecule has 1 N–H and O–H groups in total. The fourth-order valence-electron chi connectivity index (χ4n) is 2.14. The van der Waals surface area contributed by atoms with E-state index in [9.17, 15) is 13.2 Å². The molecule has 1 aromatic heterocycles. The number of nitrogens with one attached hydrogen (secondary N) is 1. The number of alkyl halides is 3. The summed E-state index contributed by atoms with van der Waals surface area (Å²) in [6.45, 7) is 2.88. The van der Waals surface area contributed by atoms with Crippen LogP contribution in [-0.2, 0) is 0 Å². The highest BCUT2D eigenvalue weighted by Gasteiger charge is 2.35. The first-order valence-electron chi connectivity index (χ1n) is 5.60. The molecule has 1 aliphatic rings. The van der Waals surface area contributed by atoms with E-state index in [2.05, 4.69) is 5.32 Å². The summed E-state index contributed by atoms with van der Waals surface area (Å²) < 4.78 is 37.8. The molecule has 0 saturated carbocycles. The lowest BCUT2D eigenvalue weighted by Crippen LogP contribution is -2.46. The Morgan fingerprint density at radius 1 is 1.35 bits per heavy atom. The van der Waals surface area contributed by atoms with Crippen molar-refractivity contribution in [3.8, 4) is 0 Å². The van der Waals surface area contributed by atoms with Gasteiger partial charge < -0.3 is 5.32 Å². The van der Waals surface area contributed by atoms with E-state index in [0.29, 0.717) is 13.1 Å². The Morgan fingerprint density at radius 2 is 2.06 bits per heavy atom. The average Bonchev–Trinajstić information content (AvgIpc) is 2.79. The molecule has 1 aliphatic heterocycles. The van der Waals surface area contributed by atoms with Crippen LogP contribution in [0.15, 0.2) is 16.8 Å². The third-order valence-corrected chi connectivity index (χ3v) is 3.65. The number of piperazine rings is 1. The smallest absolute Gasteiger partial charge is 0.314 e. The van der Waals surface area contributed by atoms with Gasteiger partial charge in [0.15, 0.2) is 0 Å². The monoisotopic (exact) mass is 264 g/mol. The normalized spacial score (nSPS) is 20.4. The Morgan fingerprint density at radius 3 is 2.59 bits per heavy atom. The van der Waals surface area contributed by atoms with Crippen LogP contribution < -0.4 is 5.32 Å². The highest BCUT2D eigenvalue weighted by Crippen LogP contribution is 2.34. The van der Waals surface area contributed by atoms with Gasteiger partial charge in [-0.1, -0.05) is 0 Å². The Labute approximate surface area is 102 Å². The molecule has 0 aliphatic carbocycles. The van der Waals surface area contributed by atoms with Crippen LogP contribution in [0.2, 0.25) is 0 Å². The minimum absolute atomic E-state index is 0.525. The maximum Gasteiger partial charge on any atom is 0.390 e. The molecule has 0 radical (unpaired) electrons. The average molecular weight is 264 g/mol. The number of thiophene rings is 1. The van der Waals surface area contributed by atoms with E-state index < -0.39 is 18.6 Å². The predicted octanol–water partition coefficient (Wildman–Crippen LogP) is 2.65. The molecule has 17 heavy (non-hydrogen) atoms. The van der Waals surface area contributed by atoms with Gasteiger partial charge in [-0.3, -0.25) is 4.90 Å². The molecular formula is C11H15F3N2S. The maximum atomic E-state index is 12.6. The summed E-state index contributed by atoms with van der Waals surface area (Å²) in [6.07, 6.45) is -4.87. The van der Waals surface area contributed by atoms with Gasteiger partial charge >= 0.3 is 6.18 Å². The lowest BCUT2D eigenvalue weighted by Gasteiger charge is -2.35. The minimum atomic E-state index is -4.11. The molecule has 2 nitrogen and oxygen atoms in total. The third-order valence-electron chi connectivity index (χ3n) is 2.95. The van der Waals surface area contributed by atoms with E-state index in [1.54, 1.807) is 6.07 Å². The summed E-state index contributed by atoms with van der Waals surface area (Å²) in [5.41, 5.74) is 0.786. The fourth-order valence-corrected chi connectivity index (χ4v) is 2.84. The van der Waals surface area contributed by atoms with Gasteiger partial charge in [-0.15, -0.1) is 0 Å². The quantitative estimate of drug-likeness (QED) is 0.903. The fraction of sp³-hybridized carbons (Fsp3) is 0.636. The summed E-state index contributed by atoms with van der Waals surface area (Å²) in [5.74, 6) is 0. The van der Waals surface area contributed by atoms with Crippen LogP contribution >= 0.6 is 11.3 Å². The van der Waals surface area contributed by atoms with Crippen LogP contribution in [0.1, 0.15) is 18.0 Å². The van der Waals surface area contributed by atoms with Crippen molar-refractivity contribution in [2.75, 3.05) is 26.2 Å². The number of halogens is 3. The number of rotatable bonds is 3. The molecule has 1 fully saturated rings. The molecule has 0 aromatic carbocycles. The van der Waals surface area contributed by atoms with Gasteiger partial charge in [0.2, 0.25) is 0 Å². The van der Waals surface area contributed by atoms with Gasteiger partial charge in [-0.2, -0.15) is 24.5 Å². The highest BCUT2D eigenvalue weighted by molar-refractivity contribution is 7.07. The second kappa shape index (κ2) is 5.37. The molecule has 2 rings (SSSR count). The summed E-state index contributed by atoms with van der Waals surface area (Å²) in [6, 6.07) is 1.27. The van der Waals surface area contributed by atoms with Gasteiger partial charge in [0.1, 0.15) is 0 Å². The first-order chi connectivity index (χ1) is 8.06. The van der Waals surface area contributed by atoms with E-state index in [-0.39, 0.29) is 0 Å². The summed E-state index contributed by atoms with van der Waals surface area (Å²) >= 11 is 1.45. The Kier molecular flexibility index (Phi) is 4.06. The van der Waals surface area contributed by atoms with Crippen LogP contribution in [0.3, 0.4) is 0 Å². The Balaban J connectivity index is 2.12. The molecule has 96 valence electrons. The van der Waals surface area contributed by atoms with Crippen molar-refractivity contribution in [1.29, 1.82) is 0 Å². The second-order valence-corrected chi connectivity index (χ2v) is 4.96. The molecule has 2 heterocycles. The summed E-state index contributed by atoms with van der Waals surface area (Å²) in [4.78, 5) is 1.92. The van der Waals surface area contributed by atoms with Gasteiger partial charge in [-0.25, -0.2) is 0 Å². The predicted molar refractivity (Wildman–Crippen MR) is 62.2 cm³/mol. The molecule has 1 aromatic rings. The lowest BCUT2D eigenvalue weighted by molar-refractivity contribution is -0.148. The summed E-state index contributed by atoms with van der Waals surface area (Å²) in [7, 11) is 0. The first kappa shape index (κ1) is 12.9.